The second-order valence-corrected chi connectivity index (χ2v) is 10.5. The van der Waals surface area contributed by atoms with E-state index in [1.165, 1.54) is 0 Å². The zero-order chi connectivity index (χ0) is 30.2. The van der Waals surface area contributed by atoms with Crippen molar-refractivity contribution >= 4 is 34.7 Å². The lowest BCUT2D eigenvalue weighted by Crippen LogP contribution is -2.10. The molecule has 0 aromatic heterocycles. The summed E-state index contributed by atoms with van der Waals surface area (Å²) in [5, 5.41) is 0. The summed E-state index contributed by atoms with van der Waals surface area (Å²) in [6.07, 6.45) is 0.858. The van der Waals surface area contributed by atoms with Crippen molar-refractivity contribution < 1.29 is 4.79 Å². The fourth-order valence-electron chi connectivity index (χ4n) is 4.51. The van der Waals surface area contributed by atoms with Gasteiger partial charge >= 0.3 is 0 Å². The zero-order valence-electron chi connectivity index (χ0n) is 24.9. The Bertz CT molecular complexity index is 1680. The number of carbonyl (C=O) groups is 1. The van der Waals surface area contributed by atoms with E-state index in [4.69, 9.17) is 0 Å². The van der Waals surface area contributed by atoms with E-state index >= 15 is 0 Å². The van der Waals surface area contributed by atoms with Crippen molar-refractivity contribution in [3.63, 3.8) is 0 Å². The number of hydrogen-bond donors (Lipinski definition) is 0. The standard InChI is InChI=1S/C39H33N3O/c1-40(2)35-19-9-30(10-20-35)5-7-32-13-23-37(24-14-32)42(39-27-17-34(29-43)18-28-39)38-25-15-33(16-26-38)8-6-31-11-21-36(22-12-31)41(3)4/h9-29H,1-4H3. The van der Waals surface area contributed by atoms with Crippen LogP contribution in [0, 0.1) is 23.7 Å². The molecular weight excluding hydrogens is 526 g/mol. The Morgan fingerprint density at radius 3 is 0.907 bits per heavy atom. The van der Waals surface area contributed by atoms with Crippen molar-refractivity contribution in [3.8, 4) is 23.7 Å². The van der Waals surface area contributed by atoms with Gasteiger partial charge in [-0.3, -0.25) is 4.79 Å². The summed E-state index contributed by atoms with van der Waals surface area (Å²) in [6.45, 7) is 0. The monoisotopic (exact) mass is 559 g/mol. The van der Waals surface area contributed by atoms with Crippen LogP contribution in [0.3, 0.4) is 0 Å². The molecule has 5 rings (SSSR count). The van der Waals surface area contributed by atoms with Crippen LogP contribution in [-0.2, 0) is 0 Å². The van der Waals surface area contributed by atoms with E-state index in [0.29, 0.717) is 5.56 Å². The third-order valence-corrected chi connectivity index (χ3v) is 7.01. The lowest BCUT2D eigenvalue weighted by atomic mass is 10.1. The largest absolute Gasteiger partial charge is 0.378 e. The van der Waals surface area contributed by atoms with Crippen molar-refractivity contribution in [1.82, 2.24) is 0 Å². The number of carbonyl (C=O) groups excluding carboxylic acids is 1. The summed E-state index contributed by atoms with van der Waals surface area (Å²) >= 11 is 0. The molecule has 0 fully saturated rings. The molecule has 0 spiro atoms. The highest BCUT2D eigenvalue weighted by atomic mass is 16.1. The quantitative estimate of drug-likeness (QED) is 0.156. The summed E-state index contributed by atoms with van der Waals surface area (Å²) < 4.78 is 0. The highest BCUT2D eigenvalue weighted by molar-refractivity contribution is 5.80. The maximum absolute atomic E-state index is 11.3. The van der Waals surface area contributed by atoms with Crippen molar-refractivity contribution in [3.05, 3.63) is 149 Å². The lowest BCUT2D eigenvalue weighted by molar-refractivity contribution is 0.112. The minimum absolute atomic E-state index is 0.636. The van der Waals surface area contributed by atoms with Gasteiger partial charge in [-0.2, -0.15) is 0 Å². The van der Waals surface area contributed by atoms with Crippen LogP contribution in [-0.4, -0.2) is 34.5 Å². The Morgan fingerprint density at radius 2 is 0.651 bits per heavy atom. The number of anilines is 5. The van der Waals surface area contributed by atoms with Crippen LogP contribution in [0.2, 0.25) is 0 Å². The second-order valence-electron chi connectivity index (χ2n) is 10.5. The molecule has 0 unspecified atom stereocenters. The van der Waals surface area contributed by atoms with Crippen molar-refractivity contribution in [2.75, 3.05) is 42.9 Å². The summed E-state index contributed by atoms with van der Waals surface area (Å²) in [5.41, 5.74) is 9.65. The van der Waals surface area contributed by atoms with E-state index in [1.54, 1.807) is 0 Å². The minimum Gasteiger partial charge on any atom is -0.378 e. The summed E-state index contributed by atoms with van der Waals surface area (Å²) in [6, 6.07) is 40.4. The third-order valence-electron chi connectivity index (χ3n) is 7.01. The zero-order valence-corrected chi connectivity index (χ0v) is 24.9. The highest BCUT2D eigenvalue weighted by Gasteiger charge is 2.12. The van der Waals surface area contributed by atoms with Crippen LogP contribution in [0.4, 0.5) is 28.4 Å². The van der Waals surface area contributed by atoms with Crippen LogP contribution in [0.25, 0.3) is 0 Å². The fourth-order valence-corrected chi connectivity index (χ4v) is 4.51. The number of nitrogens with zero attached hydrogens (tertiary/aromatic N) is 3. The van der Waals surface area contributed by atoms with E-state index in [-0.39, 0.29) is 0 Å². The normalized spacial score (nSPS) is 10.0. The maximum Gasteiger partial charge on any atom is 0.150 e. The summed E-state index contributed by atoms with van der Waals surface area (Å²) in [7, 11) is 8.10. The predicted molar refractivity (Wildman–Crippen MR) is 180 cm³/mol. The first-order chi connectivity index (χ1) is 20.9. The molecule has 5 aromatic carbocycles. The van der Waals surface area contributed by atoms with E-state index in [0.717, 1.165) is 57.0 Å². The Morgan fingerprint density at radius 1 is 0.395 bits per heavy atom. The number of aldehydes is 1. The van der Waals surface area contributed by atoms with E-state index in [1.807, 2.05) is 101 Å². The first kappa shape index (κ1) is 28.8. The average Bonchev–Trinajstić information content (AvgIpc) is 3.05. The third kappa shape index (κ3) is 7.33. The molecule has 4 heteroatoms. The molecule has 0 N–H and O–H groups in total. The Labute approximate surface area is 254 Å². The van der Waals surface area contributed by atoms with Gasteiger partial charge in [-0.05, 0) is 121 Å². The van der Waals surface area contributed by atoms with Crippen LogP contribution >= 0.6 is 0 Å². The van der Waals surface area contributed by atoms with Gasteiger partial charge in [-0.15, -0.1) is 0 Å². The van der Waals surface area contributed by atoms with E-state index in [9.17, 15) is 4.79 Å². The topological polar surface area (TPSA) is 26.8 Å². The molecule has 4 nitrogen and oxygen atoms in total. The molecule has 0 aliphatic rings. The average molecular weight is 560 g/mol. The fraction of sp³-hybridized carbons (Fsp3) is 0.103. The minimum atomic E-state index is 0.636. The van der Waals surface area contributed by atoms with Gasteiger partial charge in [-0.1, -0.05) is 23.7 Å². The van der Waals surface area contributed by atoms with Gasteiger partial charge < -0.3 is 14.7 Å². The summed E-state index contributed by atoms with van der Waals surface area (Å²) in [5.74, 6) is 13.1. The molecule has 43 heavy (non-hydrogen) atoms. The second kappa shape index (κ2) is 13.3. The van der Waals surface area contributed by atoms with Gasteiger partial charge in [0.15, 0.2) is 0 Å². The first-order valence-corrected chi connectivity index (χ1v) is 14.0. The molecule has 5 aromatic rings. The van der Waals surface area contributed by atoms with Crippen molar-refractivity contribution in [1.29, 1.82) is 0 Å². The van der Waals surface area contributed by atoms with Gasteiger partial charge in [0.1, 0.15) is 6.29 Å². The Hall–Kier alpha value is -5.71. The molecule has 0 amide bonds. The molecule has 0 heterocycles. The van der Waals surface area contributed by atoms with Crippen LogP contribution < -0.4 is 14.7 Å². The van der Waals surface area contributed by atoms with Gasteiger partial charge in [0, 0.05) is 84.4 Å². The highest BCUT2D eigenvalue weighted by Crippen LogP contribution is 2.34. The van der Waals surface area contributed by atoms with Crippen molar-refractivity contribution in [2.45, 2.75) is 0 Å². The van der Waals surface area contributed by atoms with Crippen LogP contribution in [0.15, 0.2) is 121 Å². The molecule has 0 aliphatic carbocycles. The molecular formula is C39H33N3O. The van der Waals surface area contributed by atoms with Crippen LogP contribution in [0.1, 0.15) is 32.6 Å². The number of rotatable bonds is 6. The molecule has 210 valence electrons. The molecule has 0 aliphatic heterocycles. The number of benzene rings is 5. The van der Waals surface area contributed by atoms with E-state index in [2.05, 4.69) is 86.9 Å². The first-order valence-electron chi connectivity index (χ1n) is 14.0. The Balaban J connectivity index is 1.40. The molecule has 0 saturated carbocycles. The van der Waals surface area contributed by atoms with Crippen molar-refractivity contribution in [2.24, 2.45) is 0 Å². The number of hydrogen-bond acceptors (Lipinski definition) is 4. The SMILES string of the molecule is CN(C)c1ccc(C#Cc2ccc(N(c3ccc(C#Cc4ccc(N(C)C)cc4)cc3)c3ccc(C=O)cc3)cc2)cc1. The smallest absolute Gasteiger partial charge is 0.150 e. The van der Waals surface area contributed by atoms with E-state index < -0.39 is 0 Å². The van der Waals surface area contributed by atoms with Gasteiger partial charge in [-0.25, -0.2) is 0 Å². The lowest BCUT2D eigenvalue weighted by Gasteiger charge is -2.25. The molecule has 0 atom stereocenters. The molecule has 0 radical (unpaired) electrons. The van der Waals surface area contributed by atoms with Gasteiger partial charge in [0.05, 0.1) is 0 Å². The summed E-state index contributed by atoms with van der Waals surface area (Å²) in [4.78, 5) is 17.6. The van der Waals surface area contributed by atoms with Gasteiger partial charge in [0.25, 0.3) is 0 Å². The Kier molecular flexibility index (Phi) is 8.91. The molecule has 0 bridgehead atoms. The van der Waals surface area contributed by atoms with Crippen LogP contribution in [0.5, 0.6) is 0 Å². The molecule has 0 saturated heterocycles. The maximum atomic E-state index is 11.3. The predicted octanol–water partition coefficient (Wildman–Crippen LogP) is 7.90. The van der Waals surface area contributed by atoms with Gasteiger partial charge in [0.2, 0.25) is 0 Å².